The number of halogens is 2. The molecule has 1 heterocycles. The lowest BCUT2D eigenvalue weighted by Crippen LogP contribution is -2.38. The van der Waals surface area contributed by atoms with Crippen LogP contribution in [-0.2, 0) is 16.0 Å². The van der Waals surface area contributed by atoms with E-state index in [1.54, 1.807) is 13.3 Å². The summed E-state index contributed by atoms with van der Waals surface area (Å²) in [7, 11) is 1.64. The van der Waals surface area contributed by atoms with Gasteiger partial charge in [-0.3, -0.25) is 9.78 Å². The minimum absolute atomic E-state index is 0. The highest BCUT2D eigenvalue weighted by molar-refractivity contribution is 5.85. The number of rotatable bonds is 9. The Kier molecular flexibility index (Phi) is 12.7. The van der Waals surface area contributed by atoms with Crippen LogP contribution in [0.15, 0.2) is 48.7 Å². The lowest BCUT2D eigenvalue weighted by molar-refractivity contribution is -0.121. The number of carbonyl (C=O) groups is 1. The van der Waals surface area contributed by atoms with E-state index < -0.39 is 0 Å². The zero-order valence-corrected chi connectivity index (χ0v) is 16.7. The largest absolute Gasteiger partial charge is 0.383 e. The van der Waals surface area contributed by atoms with Gasteiger partial charge in [0.05, 0.1) is 24.9 Å². The van der Waals surface area contributed by atoms with Crippen molar-refractivity contribution in [3.8, 4) is 0 Å². The highest BCUT2D eigenvalue weighted by atomic mass is 35.5. The van der Waals surface area contributed by atoms with Gasteiger partial charge < -0.3 is 15.4 Å². The van der Waals surface area contributed by atoms with Gasteiger partial charge in [0, 0.05) is 19.9 Å². The maximum atomic E-state index is 12.2. The van der Waals surface area contributed by atoms with E-state index in [0.29, 0.717) is 19.6 Å². The average Bonchev–Trinajstić information content (AvgIpc) is 2.61. The van der Waals surface area contributed by atoms with E-state index in [-0.39, 0.29) is 43.3 Å². The van der Waals surface area contributed by atoms with E-state index in [2.05, 4.69) is 46.8 Å². The molecule has 0 aliphatic carbocycles. The van der Waals surface area contributed by atoms with E-state index in [0.717, 1.165) is 5.69 Å². The van der Waals surface area contributed by atoms with Gasteiger partial charge in [0.15, 0.2) is 0 Å². The fourth-order valence-electron chi connectivity index (χ4n) is 2.39. The Labute approximate surface area is 167 Å². The fraction of sp³-hybridized carbons (Fsp3) is 0.368. The molecule has 1 aromatic carbocycles. The summed E-state index contributed by atoms with van der Waals surface area (Å²) >= 11 is 0. The van der Waals surface area contributed by atoms with Crippen LogP contribution in [-0.4, -0.2) is 37.7 Å². The van der Waals surface area contributed by atoms with Gasteiger partial charge in [0.1, 0.15) is 0 Å². The number of aromatic nitrogens is 1. The number of hydrogen-bond acceptors (Lipinski definition) is 4. The van der Waals surface area contributed by atoms with Gasteiger partial charge in [-0.25, -0.2) is 0 Å². The molecule has 2 rings (SSSR count). The molecule has 0 saturated carbocycles. The highest BCUT2D eigenvalue weighted by Gasteiger charge is 2.16. The van der Waals surface area contributed by atoms with Crippen LogP contribution < -0.4 is 10.6 Å². The highest BCUT2D eigenvalue weighted by Crippen LogP contribution is 2.17. The molecule has 2 aromatic rings. The Morgan fingerprint density at radius 2 is 1.88 bits per heavy atom. The molecular weight excluding hydrogens is 373 g/mol. The summed E-state index contributed by atoms with van der Waals surface area (Å²) in [6.45, 7) is 3.56. The Bertz CT molecular complexity index is 624. The van der Waals surface area contributed by atoms with E-state index >= 15 is 0 Å². The molecule has 26 heavy (non-hydrogen) atoms. The summed E-state index contributed by atoms with van der Waals surface area (Å²) in [4.78, 5) is 16.6. The molecular formula is C19H27Cl2N3O2. The van der Waals surface area contributed by atoms with Crippen LogP contribution in [0, 0.1) is 6.92 Å². The molecule has 0 aliphatic rings. The van der Waals surface area contributed by atoms with Crippen molar-refractivity contribution in [3.05, 3.63) is 65.5 Å². The zero-order chi connectivity index (χ0) is 17.2. The molecule has 1 amide bonds. The van der Waals surface area contributed by atoms with E-state index in [9.17, 15) is 4.79 Å². The van der Waals surface area contributed by atoms with Gasteiger partial charge in [-0.1, -0.05) is 35.9 Å². The van der Waals surface area contributed by atoms with Crippen LogP contribution in [0.3, 0.4) is 0 Å². The molecule has 1 aromatic heterocycles. The Morgan fingerprint density at radius 1 is 1.15 bits per heavy atom. The van der Waals surface area contributed by atoms with Gasteiger partial charge in [0.2, 0.25) is 5.91 Å². The molecule has 1 atom stereocenters. The quantitative estimate of drug-likeness (QED) is 0.636. The lowest BCUT2D eigenvalue weighted by Gasteiger charge is -2.19. The monoisotopic (exact) mass is 399 g/mol. The smallest absolute Gasteiger partial charge is 0.234 e. The first-order chi connectivity index (χ1) is 11.7. The molecule has 0 radical (unpaired) electrons. The van der Waals surface area contributed by atoms with Gasteiger partial charge in [-0.05, 0) is 31.0 Å². The normalized spacial score (nSPS) is 11.0. The second-order valence-electron chi connectivity index (χ2n) is 5.73. The maximum Gasteiger partial charge on any atom is 0.234 e. The number of benzene rings is 1. The van der Waals surface area contributed by atoms with Crippen molar-refractivity contribution in [2.24, 2.45) is 0 Å². The summed E-state index contributed by atoms with van der Waals surface area (Å²) in [5.74, 6) is -0.0473. The van der Waals surface area contributed by atoms with Crippen molar-refractivity contribution in [2.45, 2.75) is 19.4 Å². The number of pyridine rings is 1. The third-order valence-corrected chi connectivity index (χ3v) is 3.71. The number of methoxy groups -OCH3 is 1. The van der Waals surface area contributed by atoms with Crippen LogP contribution in [0.4, 0.5) is 0 Å². The third-order valence-electron chi connectivity index (χ3n) is 3.71. The number of nitrogens with zero attached hydrogens (tertiary/aromatic N) is 1. The predicted molar refractivity (Wildman–Crippen MR) is 109 cm³/mol. The molecule has 0 fully saturated rings. The number of nitrogens with one attached hydrogen (secondary N) is 2. The van der Waals surface area contributed by atoms with Gasteiger partial charge in [-0.15, -0.1) is 24.8 Å². The Hall–Kier alpha value is -1.66. The van der Waals surface area contributed by atoms with E-state index in [1.807, 2.05) is 18.2 Å². The summed E-state index contributed by atoms with van der Waals surface area (Å²) in [5.41, 5.74) is 3.26. The number of aryl methyl sites for hydroxylation is 1. The third kappa shape index (κ3) is 8.63. The van der Waals surface area contributed by atoms with Crippen LogP contribution in [0.5, 0.6) is 0 Å². The number of hydrogen-bond donors (Lipinski definition) is 2. The van der Waals surface area contributed by atoms with Crippen molar-refractivity contribution < 1.29 is 9.53 Å². The molecule has 7 heteroatoms. The van der Waals surface area contributed by atoms with Crippen LogP contribution >= 0.6 is 24.8 Å². The number of ether oxygens (including phenoxy) is 1. The van der Waals surface area contributed by atoms with Crippen LogP contribution in [0.25, 0.3) is 0 Å². The SMILES string of the molecule is COCCNCC(=O)NC(Cc1ccc(C)cc1)c1ccccn1.Cl.Cl. The van der Waals surface area contributed by atoms with E-state index in [1.165, 1.54) is 11.1 Å². The summed E-state index contributed by atoms with van der Waals surface area (Å²) in [6, 6.07) is 14.0. The minimum atomic E-state index is -0.148. The molecule has 0 bridgehead atoms. The van der Waals surface area contributed by atoms with Gasteiger partial charge >= 0.3 is 0 Å². The topological polar surface area (TPSA) is 63.2 Å². The van der Waals surface area contributed by atoms with E-state index in [4.69, 9.17) is 4.74 Å². The summed E-state index contributed by atoms with van der Waals surface area (Å²) in [5, 5.41) is 6.13. The number of amides is 1. The van der Waals surface area contributed by atoms with Crippen molar-refractivity contribution in [3.63, 3.8) is 0 Å². The molecule has 0 aliphatic heterocycles. The molecule has 0 spiro atoms. The van der Waals surface area contributed by atoms with Crippen LogP contribution in [0.2, 0.25) is 0 Å². The maximum absolute atomic E-state index is 12.2. The number of carbonyl (C=O) groups excluding carboxylic acids is 1. The Balaban J connectivity index is 0.00000312. The average molecular weight is 400 g/mol. The molecule has 0 saturated heterocycles. The van der Waals surface area contributed by atoms with Gasteiger partial charge in [0.25, 0.3) is 0 Å². The van der Waals surface area contributed by atoms with Crippen molar-refractivity contribution in [2.75, 3.05) is 26.8 Å². The molecule has 1 unspecified atom stereocenters. The fourth-order valence-corrected chi connectivity index (χ4v) is 2.39. The second-order valence-corrected chi connectivity index (χ2v) is 5.73. The first-order valence-electron chi connectivity index (χ1n) is 8.14. The zero-order valence-electron chi connectivity index (χ0n) is 15.1. The van der Waals surface area contributed by atoms with Crippen LogP contribution in [0.1, 0.15) is 22.9 Å². The lowest BCUT2D eigenvalue weighted by atomic mass is 10.0. The predicted octanol–water partition coefficient (Wildman–Crippen LogP) is 2.87. The molecule has 144 valence electrons. The van der Waals surface area contributed by atoms with Crippen molar-refractivity contribution in [1.29, 1.82) is 0 Å². The van der Waals surface area contributed by atoms with Gasteiger partial charge in [-0.2, -0.15) is 0 Å². The van der Waals surface area contributed by atoms with Crippen molar-refractivity contribution in [1.82, 2.24) is 15.6 Å². The second kappa shape index (κ2) is 13.5. The first kappa shape index (κ1) is 24.3. The molecule has 5 nitrogen and oxygen atoms in total. The first-order valence-corrected chi connectivity index (χ1v) is 8.14. The molecule has 2 N–H and O–H groups in total. The summed E-state index contributed by atoms with van der Waals surface area (Å²) < 4.78 is 4.96. The summed E-state index contributed by atoms with van der Waals surface area (Å²) in [6.07, 6.45) is 2.46. The standard InChI is InChI=1S/C19H25N3O2.2ClH/c1-15-6-8-16(9-7-15)13-18(17-5-3-4-10-21-17)22-19(23)14-20-11-12-24-2;;/h3-10,18,20H,11-14H2,1-2H3,(H,22,23);2*1H. The Morgan fingerprint density at radius 3 is 2.50 bits per heavy atom. The minimum Gasteiger partial charge on any atom is -0.383 e. The van der Waals surface area contributed by atoms with Crippen molar-refractivity contribution >= 4 is 30.7 Å².